The highest BCUT2D eigenvalue weighted by Crippen LogP contribution is 2.61. The number of rotatable bonds is 5. The Labute approximate surface area is 165 Å². The Morgan fingerprint density at radius 1 is 1.00 bits per heavy atom. The lowest BCUT2D eigenvalue weighted by atomic mass is 9.49. The van der Waals surface area contributed by atoms with Gasteiger partial charge < -0.3 is 5.32 Å². The van der Waals surface area contributed by atoms with Gasteiger partial charge in [-0.3, -0.25) is 9.59 Å². The number of nitrogens with two attached hydrogens (primary N) is 1. The first-order valence-electron chi connectivity index (χ1n) is 10.5. The number of carbonyl (C=O) groups is 2. The smallest absolute Gasteiger partial charge is 0.292 e. The number of carbonyl (C=O) groups excluding carboxylic acids is 2. The molecule has 1 saturated heterocycles. The van der Waals surface area contributed by atoms with Crippen LogP contribution >= 0.6 is 11.6 Å². The van der Waals surface area contributed by atoms with Gasteiger partial charge in [-0.1, -0.05) is 11.6 Å². The topological polar surface area (TPSA) is 54.0 Å². The third-order valence-corrected chi connectivity index (χ3v) is 7.81. The molecule has 0 radical (unpaired) electrons. The number of imide groups is 1. The number of hydrogen-bond acceptors (Lipinski definition) is 2. The van der Waals surface area contributed by atoms with E-state index in [-0.39, 0.29) is 17.9 Å². The summed E-state index contributed by atoms with van der Waals surface area (Å²) in [6.45, 7) is 0.963. The monoisotopic (exact) mass is 387 g/mol. The standard InChI is InChI=1S/C22H27ClN2O2/c23-17-1-3-18(4-2-17)25-20(26)10-19(21(25)27)24-6-5-22-11-14-7-15(12-22)9-16(8-14)13-22/h1-4,14-16,19,24H,5-13H2/p+1/t14?,15?,16?,19-,22?/m1/s1. The maximum atomic E-state index is 12.8. The molecule has 4 nitrogen and oxygen atoms in total. The third-order valence-electron chi connectivity index (χ3n) is 7.56. The van der Waals surface area contributed by atoms with Crippen LogP contribution in [0.1, 0.15) is 51.4 Å². The molecule has 1 atom stereocenters. The number of amides is 2. The molecule has 5 aliphatic rings. The second kappa shape index (κ2) is 6.59. The van der Waals surface area contributed by atoms with Gasteiger partial charge in [0.25, 0.3) is 5.91 Å². The molecule has 1 aliphatic heterocycles. The van der Waals surface area contributed by atoms with E-state index in [0.29, 0.717) is 22.5 Å². The van der Waals surface area contributed by atoms with Gasteiger partial charge in [-0.05, 0) is 86.0 Å². The highest BCUT2D eigenvalue weighted by atomic mass is 35.5. The number of anilines is 1. The Balaban J connectivity index is 1.20. The minimum absolute atomic E-state index is 0.0761. The first-order chi connectivity index (χ1) is 13.0. The molecule has 0 aromatic heterocycles. The van der Waals surface area contributed by atoms with Crippen LogP contribution in [0.2, 0.25) is 5.02 Å². The summed E-state index contributed by atoms with van der Waals surface area (Å²) >= 11 is 5.92. The average molecular weight is 388 g/mol. The third kappa shape index (κ3) is 3.21. The van der Waals surface area contributed by atoms with Crippen molar-refractivity contribution in [2.24, 2.45) is 23.2 Å². The van der Waals surface area contributed by atoms with Crippen LogP contribution in [-0.4, -0.2) is 24.4 Å². The molecule has 27 heavy (non-hydrogen) atoms. The van der Waals surface area contributed by atoms with E-state index in [1.165, 1.54) is 49.8 Å². The Kier molecular flexibility index (Phi) is 4.32. The van der Waals surface area contributed by atoms with Gasteiger partial charge in [0.05, 0.1) is 18.7 Å². The summed E-state index contributed by atoms with van der Waals surface area (Å²) in [5.74, 6) is 2.72. The minimum Gasteiger partial charge on any atom is -0.336 e. The van der Waals surface area contributed by atoms with Gasteiger partial charge in [0.2, 0.25) is 5.91 Å². The van der Waals surface area contributed by atoms with Crippen LogP contribution in [0.5, 0.6) is 0 Å². The fourth-order valence-corrected chi connectivity index (χ4v) is 7.01. The Morgan fingerprint density at radius 2 is 1.59 bits per heavy atom. The van der Waals surface area contributed by atoms with Gasteiger partial charge in [-0.25, -0.2) is 4.90 Å². The predicted octanol–water partition coefficient (Wildman–Crippen LogP) is 3.14. The molecular formula is C22H28ClN2O2+. The molecule has 4 saturated carbocycles. The molecule has 4 aliphatic carbocycles. The molecule has 5 heteroatoms. The number of halogens is 1. The first-order valence-corrected chi connectivity index (χ1v) is 10.8. The fraction of sp³-hybridized carbons (Fsp3) is 0.636. The van der Waals surface area contributed by atoms with Crippen molar-refractivity contribution >= 4 is 29.1 Å². The highest BCUT2D eigenvalue weighted by Gasteiger charge is 2.51. The summed E-state index contributed by atoms with van der Waals surface area (Å²) in [4.78, 5) is 26.5. The molecule has 4 bridgehead atoms. The molecule has 144 valence electrons. The Morgan fingerprint density at radius 3 is 2.19 bits per heavy atom. The summed E-state index contributed by atoms with van der Waals surface area (Å²) in [5, 5.41) is 2.74. The minimum atomic E-state index is -0.262. The Bertz CT molecular complexity index is 725. The second-order valence-electron chi connectivity index (χ2n) is 9.55. The van der Waals surface area contributed by atoms with Crippen molar-refractivity contribution in [3.63, 3.8) is 0 Å². The van der Waals surface area contributed by atoms with Crippen LogP contribution in [0.15, 0.2) is 24.3 Å². The van der Waals surface area contributed by atoms with Crippen LogP contribution in [0.4, 0.5) is 5.69 Å². The summed E-state index contributed by atoms with van der Waals surface area (Å²) < 4.78 is 0. The zero-order valence-corrected chi connectivity index (χ0v) is 16.5. The molecule has 5 fully saturated rings. The molecule has 6 rings (SSSR count). The maximum absolute atomic E-state index is 12.8. The summed E-state index contributed by atoms with van der Waals surface area (Å²) in [6, 6.07) is 6.68. The van der Waals surface area contributed by atoms with Gasteiger partial charge in [0.15, 0.2) is 6.04 Å². The van der Waals surface area contributed by atoms with Gasteiger partial charge in [0.1, 0.15) is 0 Å². The van der Waals surface area contributed by atoms with Crippen molar-refractivity contribution in [2.45, 2.75) is 57.4 Å². The van der Waals surface area contributed by atoms with E-state index in [4.69, 9.17) is 11.6 Å². The van der Waals surface area contributed by atoms with E-state index in [9.17, 15) is 9.59 Å². The first kappa shape index (κ1) is 17.7. The average Bonchev–Trinajstić information content (AvgIpc) is 2.88. The van der Waals surface area contributed by atoms with Gasteiger partial charge in [-0.15, -0.1) is 0 Å². The molecular weight excluding hydrogens is 360 g/mol. The summed E-state index contributed by atoms with van der Waals surface area (Å²) in [5.41, 5.74) is 1.17. The number of nitrogens with zero attached hydrogens (tertiary/aromatic N) is 1. The zero-order chi connectivity index (χ0) is 18.6. The van der Waals surface area contributed by atoms with Crippen LogP contribution in [0.25, 0.3) is 0 Å². The van der Waals surface area contributed by atoms with Gasteiger partial charge in [0, 0.05) is 11.4 Å². The molecule has 2 amide bonds. The van der Waals surface area contributed by atoms with E-state index in [0.717, 1.165) is 24.3 Å². The number of quaternary nitrogens is 1. The van der Waals surface area contributed by atoms with Crippen molar-refractivity contribution in [2.75, 3.05) is 11.4 Å². The van der Waals surface area contributed by atoms with E-state index >= 15 is 0 Å². The van der Waals surface area contributed by atoms with E-state index < -0.39 is 0 Å². The van der Waals surface area contributed by atoms with E-state index in [1.54, 1.807) is 24.3 Å². The van der Waals surface area contributed by atoms with Gasteiger partial charge >= 0.3 is 0 Å². The number of hydrogen-bond donors (Lipinski definition) is 1. The van der Waals surface area contributed by atoms with Gasteiger partial charge in [-0.2, -0.15) is 0 Å². The van der Waals surface area contributed by atoms with Crippen molar-refractivity contribution in [3.8, 4) is 0 Å². The highest BCUT2D eigenvalue weighted by molar-refractivity contribution is 6.30. The summed E-state index contributed by atoms with van der Waals surface area (Å²) in [6.07, 6.45) is 10.1. The number of benzene rings is 1. The van der Waals surface area contributed by atoms with E-state index in [1.807, 2.05) is 0 Å². The lowest BCUT2D eigenvalue weighted by Crippen LogP contribution is -2.92. The molecule has 0 spiro atoms. The molecule has 0 unspecified atom stereocenters. The summed E-state index contributed by atoms with van der Waals surface area (Å²) in [7, 11) is 0. The molecule has 1 heterocycles. The fourth-order valence-electron chi connectivity index (χ4n) is 6.89. The van der Waals surface area contributed by atoms with Crippen molar-refractivity contribution in [1.29, 1.82) is 0 Å². The second-order valence-corrected chi connectivity index (χ2v) is 9.98. The Hall–Kier alpha value is -1.39. The van der Waals surface area contributed by atoms with Crippen molar-refractivity contribution in [3.05, 3.63) is 29.3 Å². The largest absolute Gasteiger partial charge is 0.336 e. The zero-order valence-electron chi connectivity index (χ0n) is 15.7. The van der Waals surface area contributed by atoms with Crippen LogP contribution in [-0.2, 0) is 9.59 Å². The SMILES string of the molecule is O=C1C[C@@H]([NH2+]CCC23CC4CC(CC(C4)C2)C3)C(=O)N1c1ccc(Cl)cc1. The predicted molar refractivity (Wildman–Crippen MR) is 104 cm³/mol. The maximum Gasteiger partial charge on any atom is 0.292 e. The van der Waals surface area contributed by atoms with E-state index in [2.05, 4.69) is 5.32 Å². The molecule has 1 aromatic carbocycles. The molecule has 1 aromatic rings. The van der Waals surface area contributed by atoms with Crippen LogP contribution in [0.3, 0.4) is 0 Å². The van der Waals surface area contributed by atoms with Crippen molar-refractivity contribution < 1.29 is 14.9 Å². The normalized spacial score (nSPS) is 37.4. The quantitative estimate of drug-likeness (QED) is 0.789. The molecule has 2 N–H and O–H groups in total. The lowest BCUT2D eigenvalue weighted by molar-refractivity contribution is -0.676. The van der Waals surface area contributed by atoms with Crippen LogP contribution in [0, 0.1) is 23.2 Å². The van der Waals surface area contributed by atoms with Crippen molar-refractivity contribution in [1.82, 2.24) is 0 Å². The van der Waals surface area contributed by atoms with Crippen LogP contribution < -0.4 is 10.2 Å². The lowest BCUT2D eigenvalue weighted by Gasteiger charge is -2.56.